The van der Waals surface area contributed by atoms with Crippen LogP contribution in [0.2, 0.25) is 0 Å². The summed E-state index contributed by atoms with van der Waals surface area (Å²) in [7, 11) is 0. The van der Waals surface area contributed by atoms with Crippen molar-refractivity contribution in [2.75, 3.05) is 19.6 Å². The Morgan fingerprint density at radius 3 is 2.34 bits per heavy atom. The molecule has 1 N–H and O–H groups in total. The quantitative estimate of drug-likeness (QED) is 0.599. The van der Waals surface area contributed by atoms with E-state index in [1.165, 1.54) is 0 Å². The molecule has 1 aromatic heterocycles. The van der Waals surface area contributed by atoms with Crippen molar-refractivity contribution in [1.29, 1.82) is 0 Å². The predicted octanol–water partition coefficient (Wildman–Crippen LogP) is 4.77. The molecular formula is C24H25F3N4O. The van der Waals surface area contributed by atoms with Gasteiger partial charge in [0.25, 0.3) is 5.91 Å². The Hall–Kier alpha value is -3.13. The molecule has 1 aliphatic rings. The molecule has 0 bridgehead atoms. The molecule has 1 atom stereocenters. The van der Waals surface area contributed by atoms with Crippen molar-refractivity contribution >= 4 is 5.91 Å². The van der Waals surface area contributed by atoms with E-state index in [2.05, 4.69) is 15.3 Å². The number of aryl methyl sites for hydroxylation is 1. The van der Waals surface area contributed by atoms with Gasteiger partial charge in [-0.05, 0) is 50.6 Å². The van der Waals surface area contributed by atoms with E-state index in [1.54, 1.807) is 24.3 Å². The molecule has 1 amide bonds. The number of nitrogens with zero attached hydrogens (tertiary/aromatic N) is 3. The van der Waals surface area contributed by atoms with Gasteiger partial charge in [0.2, 0.25) is 0 Å². The highest BCUT2D eigenvalue weighted by molar-refractivity contribution is 5.95. The first kappa shape index (κ1) is 22.1. The number of carbonyl (C=O) groups is 1. The zero-order valence-corrected chi connectivity index (χ0v) is 17.8. The van der Waals surface area contributed by atoms with Crippen LogP contribution >= 0.6 is 0 Å². The zero-order valence-electron chi connectivity index (χ0n) is 17.8. The van der Waals surface area contributed by atoms with Gasteiger partial charge in [-0.15, -0.1) is 0 Å². The molecule has 0 aliphatic carbocycles. The molecule has 0 spiro atoms. The van der Waals surface area contributed by atoms with Crippen molar-refractivity contribution in [3.05, 3.63) is 83.2 Å². The molecule has 8 heteroatoms. The summed E-state index contributed by atoms with van der Waals surface area (Å²) in [5, 5.41) is 6.62. The van der Waals surface area contributed by atoms with Gasteiger partial charge in [-0.25, -0.2) is 4.68 Å². The number of alkyl halides is 3. The fourth-order valence-electron chi connectivity index (χ4n) is 4.14. The van der Waals surface area contributed by atoms with E-state index >= 15 is 0 Å². The van der Waals surface area contributed by atoms with Crippen LogP contribution in [0.25, 0.3) is 5.69 Å². The molecule has 1 fully saturated rings. The number of hydrogen-bond donors (Lipinski definition) is 1. The SMILES string of the molecule is Cc1ccc(-n2ncc(C(=O)NCC(c3ccccc3)N3CCCC3)c2C(F)(F)F)cc1. The van der Waals surface area contributed by atoms with Crippen LogP contribution in [0, 0.1) is 6.92 Å². The van der Waals surface area contributed by atoms with Crippen LogP contribution in [0.4, 0.5) is 13.2 Å². The van der Waals surface area contributed by atoms with Crippen LogP contribution in [-0.4, -0.2) is 40.2 Å². The number of halogens is 3. The van der Waals surface area contributed by atoms with Gasteiger partial charge >= 0.3 is 6.18 Å². The van der Waals surface area contributed by atoms with Gasteiger partial charge in [0, 0.05) is 6.54 Å². The van der Waals surface area contributed by atoms with Gasteiger partial charge in [-0.1, -0.05) is 48.0 Å². The van der Waals surface area contributed by atoms with E-state index in [9.17, 15) is 18.0 Å². The Morgan fingerprint density at radius 2 is 1.72 bits per heavy atom. The molecule has 5 nitrogen and oxygen atoms in total. The van der Waals surface area contributed by atoms with Gasteiger partial charge in [-0.2, -0.15) is 18.3 Å². The number of aromatic nitrogens is 2. The summed E-state index contributed by atoms with van der Waals surface area (Å²) < 4.78 is 42.6. The molecule has 32 heavy (non-hydrogen) atoms. The molecule has 4 rings (SSSR count). The molecule has 168 valence electrons. The number of rotatable bonds is 6. The summed E-state index contributed by atoms with van der Waals surface area (Å²) in [6.07, 6.45) is -1.61. The number of likely N-dealkylation sites (tertiary alicyclic amines) is 1. The Balaban J connectivity index is 1.59. The summed E-state index contributed by atoms with van der Waals surface area (Å²) in [5.74, 6) is -0.782. The highest BCUT2D eigenvalue weighted by Crippen LogP contribution is 2.34. The second-order valence-electron chi connectivity index (χ2n) is 8.03. The maximum absolute atomic E-state index is 13.9. The van der Waals surface area contributed by atoms with Crippen LogP contribution in [0.15, 0.2) is 60.8 Å². The second-order valence-corrected chi connectivity index (χ2v) is 8.03. The monoisotopic (exact) mass is 442 g/mol. The molecule has 2 heterocycles. The van der Waals surface area contributed by atoms with Gasteiger partial charge in [0.1, 0.15) is 0 Å². The standard InChI is InChI=1S/C24H25F3N4O/c1-17-9-11-19(12-10-17)31-22(24(25,26)27)20(15-29-31)23(32)28-16-21(30-13-5-6-14-30)18-7-3-2-4-8-18/h2-4,7-12,15,21H,5-6,13-14,16H2,1H3,(H,28,32). The highest BCUT2D eigenvalue weighted by atomic mass is 19.4. The normalized spacial score (nSPS) is 15.6. The van der Waals surface area contributed by atoms with Crippen LogP contribution in [0.5, 0.6) is 0 Å². The van der Waals surface area contributed by atoms with Crippen LogP contribution < -0.4 is 5.32 Å². The Morgan fingerprint density at radius 1 is 1.06 bits per heavy atom. The summed E-state index contributed by atoms with van der Waals surface area (Å²) in [5.41, 5.74) is 0.645. The summed E-state index contributed by atoms with van der Waals surface area (Å²) in [4.78, 5) is 15.1. The van der Waals surface area contributed by atoms with Crippen molar-refractivity contribution in [3.8, 4) is 5.69 Å². The van der Waals surface area contributed by atoms with Crippen molar-refractivity contribution in [2.45, 2.75) is 32.0 Å². The molecular weight excluding hydrogens is 417 g/mol. The number of hydrogen-bond acceptors (Lipinski definition) is 3. The highest BCUT2D eigenvalue weighted by Gasteiger charge is 2.40. The Labute approximate surface area is 184 Å². The lowest BCUT2D eigenvalue weighted by Gasteiger charge is -2.28. The predicted molar refractivity (Wildman–Crippen MR) is 116 cm³/mol. The van der Waals surface area contributed by atoms with Gasteiger partial charge in [0.05, 0.1) is 23.5 Å². The lowest BCUT2D eigenvalue weighted by molar-refractivity contribution is -0.143. The van der Waals surface area contributed by atoms with E-state index in [4.69, 9.17) is 0 Å². The Kier molecular flexibility index (Phi) is 6.32. The maximum Gasteiger partial charge on any atom is 0.434 e. The average Bonchev–Trinajstić information content (AvgIpc) is 3.45. The first-order valence-corrected chi connectivity index (χ1v) is 10.6. The second kappa shape index (κ2) is 9.16. The minimum atomic E-state index is -4.73. The fourth-order valence-corrected chi connectivity index (χ4v) is 4.14. The van der Waals surface area contributed by atoms with Gasteiger partial charge < -0.3 is 5.32 Å². The minimum absolute atomic E-state index is 0.0934. The lowest BCUT2D eigenvalue weighted by atomic mass is 10.1. The number of nitrogens with one attached hydrogen (secondary N) is 1. The van der Waals surface area contributed by atoms with Gasteiger partial charge in [-0.3, -0.25) is 9.69 Å². The third-order valence-electron chi connectivity index (χ3n) is 5.78. The Bertz CT molecular complexity index is 1060. The number of carbonyl (C=O) groups excluding carboxylic acids is 1. The average molecular weight is 442 g/mol. The molecule has 2 aromatic carbocycles. The maximum atomic E-state index is 13.9. The van der Waals surface area contributed by atoms with Crippen LogP contribution in [0.3, 0.4) is 0 Å². The number of amides is 1. The third-order valence-corrected chi connectivity index (χ3v) is 5.78. The largest absolute Gasteiger partial charge is 0.434 e. The van der Waals surface area contributed by atoms with E-state index in [1.807, 2.05) is 37.3 Å². The summed E-state index contributed by atoms with van der Waals surface area (Å²) in [6, 6.07) is 16.1. The first-order valence-electron chi connectivity index (χ1n) is 10.6. The number of benzene rings is 2. The van der Waals surface area contributed by atoms with Crippen LogP contribution in [0.1, 0.15) is 46.1 Å². The topological polar surface area (TPSA) is 50.2 Å². The van der Waals surface area contributed by atoms with Crippen molar-refractivity contribution < 1.29 is 18.0 Å². The molecule has 3 aromatic rings. The van der Waals surface area contributed by atoms with Crippen molar-refractivity contribution in [2.24, 2.45) is 0 Å². The van der Waals surface area contributed by atoms with Gasteiger partial charge in [0.15, 0.2) is 5.69 Å². The zero-order chi connectivity index (χ0) is 22.7. The van der Waals surface area contributed by atoms with E-state index in [0.29, 0.717) is 0 Å². The van der Waals surface area contributed by atoms with E-state index in [0.717, 1.165) is 47.9 Å². The minimum Gasteiger partial charge on any atom is -0.350 e. The van der Waals surface area contributed by atoms with Crippen molar-refractivity contribution in [3.63, 3.8) is 0 Å². The summed E-state index contributed by atoms with van der Waals surface area (Å²) in [6.45, 7) is 3.86. The molecule has 0 saturated carbocycles. The molecule has 1 unspecified atom stereocenters. The fraction of sp³-hybridized carbons (Fsp3) is 0.333. The first-order chi connectivity index (χ1) is 15.3. The van der Waals surface area contributed by atoms with E-state index in [-0.39, 0.29) is 18.3 Å². The van der Waals surface area contributed by atoms with E-state index < -0.39 is 23.3 Å². The lowest BCUT2D eigenvalue weighted by Crippen LogP contribution is -2.37. The smallest absolute Gasteiger partial charge is 0.350 e. The molecule has 0 radical (unpaired) electrons. The van der Waals surface area contributed by atoms with Crippen LogP contribution in [-0.2, 0) is 6.18 Å². The summed E-state index contributed by atoms with van der Waals surface area (Å²) >= 11 is 0. The third kappa shape index (κ3) is 4.70. The molecule has 1 saturated heterocycles. The van der Waals surface area contributed by atoms with Crippen molar-refractivity contribution in [1.82, 2.24) is 20.0 Å². The molecule has 1 aliphatic heterocycles.